The summed E-state index contributed by atoms with van der Waals surface area (Å²) < 4.78 is 39.8. The summed E-state index contributed by atoms with van der Waals surface area (Å²) in [5.41, 5.74) is 1.86. The molecule has 31 heavy (non-hydrogen) atoms. The molecule has 0 bridgehead atoms. The molecule has 0 aliphatic heterocycles. The molecule has 3 rings (SSSR count). The molecule has 0 unspecified atom stereocenters. The van der Waals surface area contributed by atoms with E-state index >= 15 is 0 Å². The van der Waals surface area contributed by atoms with Crippen molar-refractivity contribution in [1.29, 1.82) is 0 Å². The first-order valence-corrected chi connectivity index (χ1v) is 11.3. The van der Waals surface area contributed by atoms with Crippen LogP contribution in [0.25, 0.3) is 11.0 Å². The van der Waals surface area contributed by atoms with Crippen LogP contribution in [0.4, 0.5) is 5.95 Å². The van der Waals surface area contributed by atoms with Crippen molar-refractivity contribution < 1.29 is 22.7 Å². The number of nitrogens with one attached hydrogen (secondary N) is 2. The Kier molecular flexibility index (Phi) is 7.26. The number of para-hydroxylation sites is 2. The Morgan fingerprint density at radius 3 is 2.65 bits per heavy atom. The van der Waals surface area contributed by atoms with Crippen LogP contribution in [0, 0.1) is 0 Å². The molecule has 9 nitrogen and oxygen atoms in total. The summed E-state index contributed by atoms with van der Waals surface area (Å²) in [5.74, 6) is 0.0786. The number of imidazole rings is 1. The predicted octanol–water partition coefficient (Wildman–Crippen LogP) is 2.63. The molecule has 3 aromatic rings. The number of amides is 1. The van der Waals surface area contributed by atoms with Gasteiger partial charge in [-0.3, -0.25) is 10.1 Å². The van der Waals surface area contributed by atoms with Gasteiger partial charge in [0.2, 0.25) is 16.0 Å². The number of hydrogen-bond donors (Lipinski definition) is 2. The molecule has 0 aliphatic rings. The zero-order valence-corrected chi connectivity index (χ0v) is 18.5. The van der Waals surface area contributed by atoms with Gasteiger partial charge in [0.1, 0.15) is 10.6 Å². The van der Waals surface area contributed by atoms with E-state index in [9.17, 15) is 13.2 Å². The fraction of sp³-hybridized carbons (Fsp3) is 0.333. The van der Waals surface area contributed by atoms with E-state index < -0.39 is 15.9 Å². The number of benzene rings is 2. The van der Waals surface area contributed by atoms with Crippen molar-refractivity contribution in [1.82, 2.24) is 14.3 Å². The van der Waals surface area contributed by atoms with Gasteiger partial charge in [-0.2, -0.15) is 0 Å². The SMILES string of the molecule is CCCn1c(NC(=O)c2ccc(OC)c(S(=O)(=O)NCCOC)c2)nc2ccccc21. The minimum atomic E-state index is -3.90. The highest BCUT2D eigenvalue weighted by Gasteiger charge is 2.22. The van der Waals surface area contributed by atoms with E-state index in [2.05, 4.69) is 15.0 Å². The summed E-state index contributed by atoms with van der Waals surface area (Å²) >= 11 is 0. The summed E-state index contributed by atoms with van der Waals surface area (Å²) in [6.07, 6.45) is 0.862. The molecule has 166 valence electrons. The lowest BCUT2D eigenvalue weighted by atomic mass is 10.2. The van der Waals surface area contributed by atoms with Crippen molar-refractivity contribution in [3.8, 4) is 5.75 Å². The molecule has 1 aromatic heterocycles. The molecule has 2 N–H and O–H groups in total. The second-order valence-corrected chi connectivity index (χ2v) is 8.52. The molecule has 2 aromatic carbocycles. The number of aromatic nitrogens is 2. The largest absolute Gasteiger partial charge is 0.495 e. The van der Waals surface area contributed by atoms with Crippen molar-refractivity contribution >= 4 is 32.9 Å². The van der Waals surface area contributed by atoms with Crippen LogP contribution in [0.1, 0.15) is 23.7 Å². The number of sulfonamides is 1. The summed E-state index contributed by atoms with van der Waals surface area (Å²) in [4.78, 5) is 17.3. The average Bonchev–Trinajstić information content (AvgIpc) is 3.10. The van der Waals surface area contributed by atoms with Crippen molar-refractivity contribution in [2.75, 3.05) is 32.7 Å². The minimum Gasteiger partial charge on any atom is -0.495 e. The van der Waals surface area contributed by atoms with Crippen molar-refractivity contribution in [3.05, 3.63) is 48.0 Å². The van der Waals surface area contributed by atoms with E-state index in [0.717, 1.165) is 17.5 Å². The first-order valence-electron chi connectivity index (χ1n) is 9.84. The third-order valence-electron chi connectivity index (χ3n) is 4.64. The van der Waals surface area contributed by atoms with Gasteiger partial charge in [0, 0.05) is 25.8 Å². The van der Waals surface area contributed by atoms with Gasteiger partial charge in [-0.1, -0.05) is 19.1 Å². The maximum Gasteiger partial charge on any atom is 0.258 e. The summed E-state index contributed by atoms with van der Waals surface area (Å²) in [5, 5.41) is 2.81. The van der Waals surface area contributed by atoms with Gasteiger partial charge in [0.05, 0.1) is 24.8 Å². The Hall–Kier alpha value is -2.95. The van der Waals surface area contributed by atoms with Gasteiger partial charge in [-0.25, -0.2) is 18.1 Å². The molecule has 0 saturated carbocycles. The highest BCUT2D eigenvalue weighted by Crippen LogP contribution is 2.26. The number of methoxy groups -OCH3 is 2. The zero-order valence-electron chi connectivity index (χ0n) is 17.7. The number of carbonyl (C=O) groups is 1. The van der Waals surface area contributed by atoms with Gasteiger partial charge in [-0.05, 0) is 36.8 Å². The van der Waals surface area contributed by atoms with Crippen LogP contribution in [0.2, 0.25) is 0 Å². The molecule has 0 atom stereocenters. The quantitative estimate of drug-likeness (QED) is 0.463. The minimum absolute atomic E-state index is 0.0967. The summed E-state index contributed by atoms with van der Waals surface area (Å²) in [7, 11) is -1.05. The molecule has 0 saturated heterocycles. The Morgan fingerprint density at radius 1 is 1.16 bits per heavy atom. The van der Waals surface area contributed by atoms with Crippen LogP contribution in [0.3, 0.4) is 0 Å². The first kappa shape index (κ1) is 22.7. The van der Waals surface area contributed by atoms with Gasteiger partial charge in [-0.15, -0.1) is 0 Å². The van der Waals surface area contributed by atoms with Crippen LogP contribution in [-0.2, 0) is 21.3 Å². The maximum absolute atomic E-state index is 12.9. The smallest absolute Gasteiger partial charge is 0.258 e. The second-order valence-electron chi connectivity index (χ2n) is 6.79. The molecular formula is C21H26N4O5S. The number of anilines is 1. The van der Waals surface area contributed by atoms with Crippen LogP contribution in [-0.4, -0.2) is 51.2 Å². The average molecular weight is 447 g/mol. The van der Waals surface area contributed by atoms with Crippen LogP contribution in [0.5, 0.6) is 5.75 Å². The Balaban J connectivity index is 1.92. The number of hydrogen-bond acceptors (Lipinski definition) is 6. The molecule has 0 fully saturated rings. The van der Waals surface area contributed by atoms with Gasteiger partial charge in [0.15, 0.2) is 0 Å². The molecule has 0 radical (unpaired) electrons. The number of rotatable bonds is 10. The fourth-order valence-electron chi connectivity index (χ4n) is 3.18. The molecule has 0 spiro atoms. The molecular weight excluding hydrogens is 420 g/mol. The lowest BCUT2D eigenvalue weighted by Crippen LogP contribution is -2.28. The third kappa shape index (κ3) is 5.04. The van der Waals surface area contributed by atoms with E-state index in [4.69, 9.17) is 9.47 Å². The standard InChI is InChI=1S/C21H26N4O5S/c1-4-12-25-17-8-6-5-7-16(17)23-21(25)24-20(26)15-9-10-18(30-3)19(14-15)31(27,28)22-11-13-29-2/h5-10,14,22H,4,11-13H2,1-3H3,(H,23,24,26). The summed E-state index contributed by atoms with van der Waals surface area (Å²) in [6, 6.07) is 11.9. The van der Waals surface area contributed by atoms with Crippen molar-refractivity contribution in [3.63, 3.8) is 0 Å². The highest BCUT2D eigenvalue weighted by molar-refractivity contribution is 7.89. The van der Waals surface area contributed by atoms with Gasteiger partial charge < -0.3 is 14.0 Å². The van der Waals surface area contributed by atoms with Gasteiger partial charge >= 0.3 is 0 Å². The van der Waals surface area contributed by atoms with E-state index in [1.165, 1.54) is 32.4 Å². The lowest BCUT2D eigenvalue weighted by molar-refractivity contribution is 0.102. The lowest BCUT2D eigenvalue weighted by Gasteiger charge is -2.13. The predicted molar refractivity (Wildman–Crippen MR) is 118 cm³/mol. The Bertz CT molecular complexity index is 1170. The number of aryl methyl sites for hydroxylation is 1. The van der Waals surface area contributed by atoms with Gasteiger partial charge in [0.25, 0.3) is 5.91 Å². The number of fused-ring (bicyclic) bond motifs is 1. The van der Waals surface area contributed by atoms with E-state index in [0.29, 0.717) is 12.5 Å². The first-order chi connectivity index (χ1) is 14.9. The van der Waals surface area contributed by atoms with Crippen LogP contribution < -0.4 is 14.8 Å². The maximum atomic E-state index is 12.9. The topological polar surface area (TPSA) is 112 Å². The molecule has 1 heterocycles. The van der Waals surface area contributed by atoms with Crippen molar-refractivity contribution in [2.24, 2.45) is 0 Å². The molecule has 10 heteroatoms. The number of ether oxygens (including phenoxy) is 2. The van der Waals surface area contributed by atoms with E-state index in [-0.39, 0.29) is 29.4 Å². The number of nitrogens with zero attached hydrogens (tertiary/aromatic N) is 2. The zero-order chi connectivity index (χ0) is 22.4. The Morgan fingerprint density at radius 2 is 1.94 bits per heavy atom. The second kappa shape index (κ2) is 9.90. The normalized spacial score (nSPS) is 11.6. The summed E-state index contributed by atoms with van der Waals surface area (Å²) in [6.45, 7) is 3.04. The monoisotopic (exact) mass is 446 g/mol. The van der Waals surface area contributed by atoms with Crippen LogP contribution in [0.15, 0.2) is 47.4 Å². The molecule has 1 amide bonds. The van der Waals surface area contributed by atoms with Crippen LogP contribution >= 0.6 is 0 Å². The molecule has 0 aliphatic carbocycles. The third-order valence-corrected chi connectivity index (χ3v) is 6.12. The van der Waals surface area contributed by atoms with E-state index in [1.54, 1.807) is 0 Å². The fourth-order valence-corrected chi connectivity index (χ4v) is 4.38. The number of carbonyl (C=O) groups excluding carboxylic acids is 1. The Labute approximate surface area is 181 Å². The van der Waals surface area contributed by atoms with E-state index in [1.807, 2.05) is 35.8 Å². The van der Waals surface area contributed by atoms with Crippen molar-refractivity contribution in [2.45, 2.75) is 24.8 Å². The highest BCUT2D eigenvalue weighted by atomic mass is 32.2.